The van der Waals surface area contributed by atoms with Crippen LogP contribution in [-0.4, -0.2) is 14.2 Å². The van der Waals surface area contributed by atoms with Crippen molar-refractivity contribution in [3.8, 4) is 5.75 Å². The second-order valence-corrected chi connectivity index (χ2v) is 2.84. The summed E-state index contributed by atoms with van der Waals surface area (Å²) in [5.74, 6) is 0.931. The predicted octanol–water partition coefficient (Wildman–Crippen LogP) is 2.18. The summed E-state index contributed by atoms with van der Waals surface area (Å²) in [4.78, 5) is 0. The highest BCUT2D eigenvalue weighted by atomic mass is 16.5. The fraction of sp³-hybridized carbons (Fsp3) is 0.364. The summed E-state index contributed by atoms with van der Waals surface area (Å²) in [5, 5.41) is 3.21. The molecule has 0 fully saturated rings. The first-order valence-electron chi connectivity index (χ1n) is 4.43. The van der Waals surface area contributed by atoms with Gasteiger partial charge in [0.05, 0.1) is 7.11 Å². The molecule has 1 aromatic rings. The Morgan fingerprint density at radius 2 is 2.08 bits per heavy atom. The molecule has 13 heavy (non-hydrogen) atoms. The second-order valence-electron chi connectivity index (χ2n) is 2.84. The molecule has 0 amide bonds. The van der Waals surface area contributed by atoms with Gasteiger partial charge in [0, 0.05) is 11.6 Å². The Morgan fingerprint density at radius 3 is 2.62 bits per heavy atom. The van der Waals surface area contributed by atoms with Crippen LogP contribution in [-0.2, 0) is 0 Å². The quantitative estimate of drug-likeness (QED) is 0.763. The summed E-state index contributed by atoms with van der Waals surface area (Å²) >= 11 is 0. The molecule has 1 rings (SSSR count). The minimum absolute atomic E-state index is 0.260. The predicted molar refractivity (Wildman–Crippen MR) is 54.8 cm³/mol. The molecule has 2 nitrogen and oxygen atoms in total. The number of para-hydroxylation sites is 1. The molecule has 1 N–H and O–H groups in total. The lowest BCUT2D eigenvalue weighted by molar-refractivity contribution is 0.405. The molecule has 2 heteroatoms. The van der Waals surface area contributed by atoms with Crippen LogP contribution in [0.3, 0.4) is 0 Å². The molecule has 71 valence electrons. The number of benzene rings is 1. The molecule has 0 saturated carbocycles. The zero-order valence-electron chi connectivity index (χ0n) is 8.37. The Morgan fingerprint density at radius 1 is 1.38 bits per heavy atom. The van der Waals surface area contributed by atoms with Crippen molar-refractivity contribution in [2.24, 2.45) is 0 Å². The summed E-state index contributed by atoms with van der Waals surface area (Å²) < 4.78 is 5.27. The molecule has 0 aromatic heterocycles. The first kappa shape index (κ1) is 10.1. The largest absolute Gasteiger partial charge is 0.496 e. The number of ether oxygens (including phenoxy) is 1. The van der Waals surface area contributed by atoms with Gasteiger partial charge in [0.15, 0.2) is 0 Å². The maximum absolute atomic E-state index is 5.27. The van der Waals surface area contributed by atoms with Gasteiger partial charge in [0.25, 0.3) is 0 Å². The van der Waals surface area contributed by atoms with Gasteiger partial charge in [-0.15, -0.1) is 0 Å². The van der Waals surface area contributed by atoms with Gasteiger partial charge in [0.2, 0.25) is 0 Å². The van der Waals surface area contributed by atoms with Gasteiger partial charge in [-0.05, 0) is 19.5 Å². The standard InChI is InChI=1S/C11H16NO/c1-4-10(12-2)9-7-5-6-8-11(9)13-3/h4-8,10,12H,1-3H3. The average molecular weight is 178 g/mol. The third kappa shape index (κ3) is 2.22. The van der Waals surface area contributed by atoms with Gasteiger partial charge in [0.1, 0.15) is 5.75 Å². The third-order valence-electron chi connectivity index (χ3n) is 2.12. The third-order valence-corrected chi connectivity index (χ3v) is 2.12. The van der Waals surface area contributed by atoms with E-state index in [1.807, 2.05) is 32.2 Å². The molecule has 1 aromatic carbocycles. The molecular weight excluding hydrogens is 162 g/mol. The minimum atomic E-state index is 0.260. The van der Waals surface area contributed by atoms with Crippen molar-refractivity contribution in [2.75, 3.05) is 14.2 Å². The topological polar surface area (TPSA) is 21.3 Å². The van der Waals surface area contributed by atoms with E-state index in [0.29, 0.717) is 0 Å². The number of hydrogen-bond acceptors (Lipinski definition) is 2. The fourth-order valence-electron chi connectivity index (χ4n) is 1.43. The molecule has 1 atom stereocenters. The molecule has 0 spiro atoms. The first-order valence-corrected chi connectivity index (χ1v) is 4.43. The lowest BCUT2D eigenvalue weighted by Gasteiger charge is -2.16. The van der Waals surface area contributed by atoms with Crippen molar-refractivity contribution in [3.63, 3.8) is 0 Å². The number of nitrogens with one attached hydrogen (secondary N) is 1. The number of hydrogen-bond donors (Lipinski definition) is 1. The maximum Gasteiger partial charge on any atom is 0.123 e. The van der Waals surface area contributed by atoms with Crippen LogP contribution >= 0.6 is 0 Å². The molecule has 0 bridgehead atoms. The van der Waals surface area contributed by atoms with Gasteiger partial charge in [-0.3, -0.25) is 0 Å². The maximum atomic E-state index is 5.27. The van der Waals surface area contributed by atoms with Crippen LogP contribution in [0.4, 0.5) is 0 Å². The van der Waals surface area contributed by atoms with Crippen LogP contribution < -0.4 is 10.1 Å². The van der Waals surface area contributed by atoms with Crippen LogP contribution in [0.25, 0.3) is 0 Å². The Bertz CT molecular complexity index is 256. The second kappa shape index (κ2) is 4.87. The minimum Gasteiger partial charge on any atom is -0.496 e. The molecular formula is C11H16NO. The van der Waals surface area contributed by atoms with E-state index in [9.17, 15) is 0 Å². The molecule has 0 aliphatic heterocycles. The molecule has 1 unspecified atom stereocenters. The lowest BCUT2D eigenvalue weighted by Crippen LogP contribution is -2.16. The Balaban J connectivity index is 2.96. The average Bonchev–Trinajstić information content (AvgIpc) is 2.20. The zero-order chi connectivity index (χ0) is 9.68. The Hall–Kier alpha value is -1.02. The molecule has 0 saturated heterocycles. The van der Waals surface area contributed by atoms with Crippen molar-refractivity contribution in [1.82, 2.24) is 5.32 Å². The molecule has 1 radical (unpaired) electrons. The molecule has 0 aliphatic carbocycles. The van der Waals surface area contributed by atoms with Crippen LogP contribution in [0.2, 0.25) is 0 Å². The SMILES string of the molecule is C[CH]C(NC)c1ccccc1OC. The van der Waals surface area contributed by atoms with Crippen molar-refractivity contribution < 1.29 is 4.74 Å². The van der Waals surface area contributed by atoms with Crippen LogP contribution in [0.15, 0.2) is 24.3 Å². The van der Waals surface area contributed by atoms with Crippen LogP contribution in [0.5, 0.6) is 5.75 Å². The monoisotopic (exact) mass is 178 g/mol. The summed E-state index contributed by atoms with van der Waals surface area (Å²) in [5.41, 5.74) is 1.18. The summed E-state index contributed by atoms with van der Waals surface area (Å²) in [6.07, 6.45) is 2.11. The summed E-state index contributed by atoms with van der Waals surface area (Å²) in [6, 6.07) is 8.30. The Labute approximate surface area is 79.9 Å². The molecule has 0 aliphatic rings. The van der Waals surface area contributed by atoms with Crippen molar-refractivity contribution in [3.05, 3.63) is 36.2 Å². The van der Waals surface area contributed by atoms with E-state index in [4.69, 9.17) is 4.74 Å². The summed E-state index contributed by atoms with van der Waals surface area (Å²) in [7, 11) is 3.64. The normalized spacial score (nSPS) is 12.5. The van der Waals surface area contributed by atoms with Gasteiger partial charge in [-0.1, -0.05) is 25.1 Å². The van der Waals surface area contributed by atoms with Crippen molar-refractivity contribution >= 4 is 0 Å². The van der Waals surface area contributed by atoms with E-state index in [1.165, 1.54) is 5.56 Å². The van der Waals surface area contributed by atoms with Crippen molar-refractivity contribution in [2.45, 2.75) is 13.0 Å². The van der Waals surface area contributed by atoms with E-state index in [1.54, 1.807) is 7.11 Å². The molecule has 0 heterocycles. The van der Waals surface area contributed by atoms with E-state index in [2.05, 4.69) is 17.8 Å². The van der Waals surface area contributed by atoms with Gasteiger partial charge < -0.3 is 10.1 Å². The first-order chi connectivity index (χ1) is 6.33. The highest BCUT2D eigenvalue weighted by Crippen LogP contribution is 2.25. The number of rotatable bonds is 4. The zero-order valence-corrected chi connectivity index (χ0v) is 8.37. The van der Waals surface area contributed by atoms with Gasteiger partial charge in [-0.25, -0.2) is 0 Å². The van der Waals surface area contributed by atoms with Crippen LogP contribution in [0.1, 0.15) is 18.5 Å². The lowest BCUT2D eigenvalue weighted by atomic mass is 10.0. The van der Waals surface area contributed by atoms with E-state index >= 15 is 0 Å². The number of methoxy groups -OCH3 is 1. The Kier molecular flexibility index (Phi) is 3.77. The smallest absolute Gasteiger partial charge is 0.123 e. The highest BCUT2D eigenvalue weighted by molar-refractivity contribution is 5.36. The fourth-order valence-corrected chi connectivity index (χ4v) is 1.43. The van der Waals surface area contributed by atoms with Gasteiger partial charge >= 0.3 is 0 Å². The summed E-state index contributed by atoms with van der Waals surface area (Å²) in [6.45, 7) is 2.04. The highest BCUT2D eigenvalue weighted by Gasteiger charge is 2.10. The van der Waals surface area contributed by atoms with E-state index < -0.39 is 0 Å². The van der Waals surface area contributed by atoms with E-state index in [0.717, 1.165) is 5.75 Å². The van der Waals surface area contributed by atoms with Crippen LogP contribution in [0, 0.1) is 6.42 Å². The van der Waals surface area contributed by atoms with Gasteiger partial charge in [-0.2, -0.15) is 0 Å². The van der Waals surface area contributed by atoms with Crippen molar-refractivity contribution in [1.29, 1.82) is 0 Å². The van der Waals surface area contributed by atoms with E-state index in [-0.39, 0.29) is 6.04 Å².